The molecule has 0 saturated carbocycles. The summed E-state index contributed by atoms with van der Waals surface area (Å²) in [5, 5.41) is 3.78. The van der Waals surface area contributed by atoms with E-state index in [1.54, 1.807) is 0 Å². The molecule has 2 atom stereocenters. The topological polar surface area (TPSA) is 24.5 Å². The molecule has 3 fully saturated rings. The van der Waals surface area contributed by atoms with Gasteiger partial charge in [0.25, 0.3) is 0 Å². The van der Waals surface area contributed by atoms with E-state index in [-0.39, 0.29) is 0 Å². The molecule has 3 rings (SSSR count). The van der Waals surface area contributed by atoms with Crippen molar-refractivity contribution in [3.63, 3.8) is 0 Å². The second kappa shape index (κ2) is 6.33. The van der Waals surface area contributed by atoms with Gasteiger partial charge in [-0.2, -0.15) is 0 Å². The van der Waals surface area contributed by atoms with Crippen molar-refractivity contribution in [2.24, 2.45) is 0 Å². The van der Waals surface area contributed by atoms with E-state index in [2.05, 4.69) is 24.1 Å². The number of rotatable bonds is 4. The zero-order chi connectivity index (χ0) is 14.0. The van der Waals surface area contributed by atoms with Crippen molar-refractivity contribution >= 4 is 0 Å². The Labute approximate surface area is 124 Å². The fraction of sp³-hybridized carbons (Fsp3) is 1.00. The van der Waals surface area contributed by atoms with Crippen molar-refractivity contribution in [3.05, 3.63) is 0 Å². The summed E-state index contributed by atoms with van der Waals surface area (Å²) in [6.07, 6.45) is 10.7. The molecule has 0 amide bonds. The Morgan fingerprint density at radius 1 is 1.15 bits per heavy atom. The molecule has 0 spiro atoms. The van der Waals surface area contributed by atoms with Gasteiger partial charge in [0.2, 0.25) is 0 Å². The van der Waals surface area contributed by atoms with E-state index in [0.29, 0.717) is 5.54 Å². The number of nitrogens with zero attached hydrogens (tertiary/aromatic N) is 1. The molecule has 20 heavy (non-hydrogen) atoms. The first-order valence-corrected chi connectivity index (χ1v) is 8.82. The van der Waals surface area contributed by atoms with Crippen LogP contribution in [0.5, 0.6) is 0 Å². The Bertz CT molecular complexity index is 300. The average molecular weight is 280 g/mol. The Morgan fingerprint density at radius 2 is 1.80 bits per heavy atom. The zero-order valence-corrected chi connectivity index (χ0v) is 13.4. The van der Waals surface area contributed by atoms with Crippen LogP contribution in [-0.4, -0.2) is 48.3 Å². The van der Waals surface area contributed by atoms with Gasteiger partial charge in [0.05, 0.1) is 0 Å². The maximum absolute atomic E-state index is 5.61. The van der Waals surface area contributed by atoms with Gasteiger partial charge in [-0.1, -0.05) is 13.3 Å². The van der Waals surface area contributed by atoms with Crippen LogP contribution in [0.15, 0.2) is 0 Å². The van der Waals surface area contributed by atoms with Crippen molar-refractivity contribution in [1.29, 1.82) is 0 Å². The molecular weight excluding hydrogens is 248 g/mol. The van der Waals surface area contributed by atoms with Gasteiger partial charge in [-0.05, 0) is 58.4 Å². The van der Waals surface area contributed by atoms with Crippen LogP contribution in [0.4, 0.5) is 0 Å². The molecule has 2 bridgehead atoms. The summed E-state index contributed by atoms with van der Waals surface area (Å²) in [5.41, 5.74) is 0.406. The van der Waals surface area contributed by atoms with E-state index in [4.69, 9.17) is 4.74 Å². The van der Waals surface area contributed by atoms with Gasteiger partial charge >= 0.3 is 0 Å². The minimum Gasteiger partial charge on any atom is -0.381 e. The molecule has 0 aromatic rings. The highest BCUT2D eigenvalue weighted by Gasteiger charge is 2.46. The van der Waals surface area contributed by atoms with Crippen molar-refractivity contribution in [2.45, 2.75) is 88.9 Å². The third kappa shape index (κ3) is 2.90. The van der Waals surface area contributed by atoms with E-state index in [0.717, 1.165) is 31.3 Å². The minimum absolute atomic E-state index is 0.406. The molecule has 3 heterocycles. The van der Waals surface area contributed by atoms with Gasteiger partial charge in [-0.3, -0.25) is 4.90 Å². The first-order valence-electron chi connectivity index (χ1n) is 8.82. The lowest BCUT2D eigenvalue weighted by Gasteiger charge is -2.58. The van der Waals surface area contributed by atoms with Crippen molar-refractivity contribution in [2.75, 3.05) is 19.8 Å². The third-order valence-corrected chi connectivity index (χ3v) is 5.85. The Kier molecular flexibility index (Phi) is 4.68. The summed E-state index contributed by atoms with van der Waals surface area (Å²) in [4.78, 5) is 2.93. The standard InChI is InChI=1S/C17H32N2O/c1-3-9-18-14-12-15-5-4-6-16(13-14)19(15)17(2)7-10-20-11-8-17/h14-16,18H,3-13H2,1-2H3. The largest absolute Gasteiger partial charge is 0.381 e. The molecule has 0 radical (unpaired) electrons. The molecule has 3 saturated heterocycles. The number of ether oxygens (including phenoxy) is 1. The molecule has 3 aliphatic rings. The third-order valence-electron chi connectivity index (χ3n) is 5.85. The van der Waals surface area contributed by atoms with Crippen LogP contribution < -0.4 is 5.32 Å². The SMILES string of the molecule is CCCNC1CC2CCCC(C1)N2C1(C)CCOCC1. The van der Waals surface area contributed by atoms with Crippen LogP contribution in [-0.2, 0) is 4.74 Å². The number of fused-ring (bicyclic) bond motifs is 2. The summed E-state index contributed by atoms with van der Waals surface area (Å²) in [7, 11) is 0. The highest BCUT2D eigenvalue weighted by molar-refractivity contribution is 5.03. The number of hydrogen-bond acceptors (Lipinski definition) is 3. The summed E-state index contributed by atoms with van der Waals surface area (Å²) in [6.45, 7) is 7.88. The summed E-state index contributed by atoms with van der Waals surface area (Å²) in [6, 6.07) is 2.41. The highest BCUT2D eigenvalue weighted by Crippen LogP contribution is 2.42. The molecule has 3 aliphatic heterocycles. The normalized spacial score (nSPS) is 37.8. The van der Waals surface area contributed by atoms with E-state index in [1.807, 2.05) is 0 Å². The molecule has 116 valence electrons. The maximum Gasteiger partial charge on any atom is 0.0483 e. The van der Waals surface area contributed by atoms with Crippen LogP contribution in [0.25, 0.3) is 0 Å². The van der Waals surface area contributed by atoms with Gasteiger partial charge in [0, 0.05) is 36.9 Å². The number of hydrogen-bond donors (Lipinski definition) is 1. The summed E-state index contributed by atoms with van der Waals surface area (Å²) < 4.78 is 5.61. The second-order valence-corrected chi connectivity index (χ2v) is 7.38. The summed E-state index contributed by atoms with van der Waals surface area (Å²) >= 11 is 0. The molecular formula is C17H32N2O. The molecule has 3 heteroatoms. The fourth-order valence-electron chi connectivity index (χ4n) is 4.85. The van der Waals surface area contributed by atoms with Gasteiger partial charge in [0.15, 0.2) is 0 Å². The maximum atomic E-state index is 5.61. The number of nitrogens with one attached hydrogen (secondary N) is 1. The lowest BCUT2D eigenvalue weighted by molar-refractivity contribution is -0.0986. The molecule has 0 aromatic carbocycles. The molecule has 2 unspecified atom stereocenters. The predicted molar refractivity (Wildman–Crippen MR) is 83.0 cm³/mol. The molecule has 1 N–H and O–H groups in total. The monoisotopic (exact) mass is 280 g/mol. The van der Waals surface area contributed by atoms with E-state index >= 15 is 0 Å². The van der Waals surface area contributed by atoms with Crippen molar-refractivity contribution in [1.82, 2.24) is 10.2 Å². The molecule has 3 nitrogen and oxygen atoms in total. The average Bonchev–Trinajstić information content (AvgIpc) is 2.45. The first kappa shape index (κ1) is 14.8. The Hall–Kier alpha value is -0.120. The predicted octanol–water partition coefficient (Wildman–Crippen LogP) is 2.94. The number of piperidine rings is 2. The van der Waals surface area contributed by atoms with Crippen LogP contribution in [0.2, 0.25) is 0 Å². The van der Waals surface area contributed by atoms with Gasteiger partial charge in [-0.25, -0.2) is 0 Å². The highest BCUT2D eigenvalue weighted by atomic mass is 16.5. The van der Waals surface area contributed by atoms with Gasteiger partial charge < -0.3 is 10.1 Å². The quantitative estimate of drug-likeness (QED) is 0.857. The van der Waals surface area contributed by atoms with Crippen LogP contribution in [0, 0.1) is 0 Å². The minimum atomic E-state index is 0.406. The zero-order valence-electron chi connectivity index (χ0n) is 13.4. The van der Waals surface area contributed by atoms with Gasteiger partial charge in [0.1, 0.15) is 0 Å². The first-order chi connectivity index (χ1) is 9.73. The van der Waals surface area contributed by atoms with Crippen LogP contribution >= 0.6 is 0 Å². The second-order valence-electron chi connectivity index (χ2n) is 7.38. The van der Waals surface area contributed by atoms with E-state index in [9.17, 15) is 0 Å². The molecule has 0 aliphatic carbocycles. The Balaban J connectivity index is 1.69. The lowest BCUT2D eigenvalue weighted by atomic mass is 9.76. The molecule has 0 aromatic heterocycles. The van der Waals surface area contributed by atoms with E-state index in [1.165, 1.54) is 57.9 Å². The fourth-order valence-corrected chi connectivity index (χ4v) is 4.85. The van der Waals surface area contributed by atoms with Crippen LogP contribution in [0.3, 0.4) is 0 Å². The smallest absolute Gasteiger partial charge is 0.0483 e. The Morgan fingerprint density at radius 3 is 2.40 bits per heavy atom. The van der Waals surface area contributed by atoms with Crippen molar-refractivity contribution < 1.29 is 4.74 Å². The van der Waals surface area contributed by atoms with Crippen LogP contribution in [0.1, 0.15) is 65.2 Å². The van der Waals surface area contributed by atoms with E-state index < -0.39 is 0 Å². The van der Waals surface area contributed by atoms with Crippen molar-refractivity contribution in [3.8, 4) is 0 Å². The lowest BCUT2D eigenvalue weighted by Crippen LogP contribution is -2.65. The summed E-state index contributed by atoms with van der Waals surface area (Å²) in [5.74, 6) is 0. The van der Waals surface area contributed by atoms with Gasteiger partial charge in [-0.15, -0.1) is 0 Å².